The highest BCUT2D eigenvalue weighted by molar-refractivity contribution is 7.18. The molecule has 0 bridgehead atoms. The molecule has 1 fully saturated rings. The summed E-state index contributed by atoms with van der Waals surface area (Å²) >= 11 is 1.69. The van der Waals surface area contributed by atoms with E-state index in [0.717, 1.165) is 15.9 Å². The average molecular weight is 332 g/mol. The molecule has 1 saturated carbocycles. The molecule has 5 nitrogen and oxygen atoms in total. The van der Waals surface area contributed by atoms with Crippen molar-refractivity contribution >= 4 is 39.1 Å². The van der Waals surface area contributed by atoms with Crippen molar-refractivity contribution < 1.29 is 14.7 Å². The molecule has 2 aromatic rings. The molecule has 0 unspecified atom stereocenters. The van der Waals surface area contributed by atoms with Gasteiger partial charge in [0.05, 0.1) is 21.6 Å². The van der Waals surface area contributed by atoms with E-state index in [2.05, 4.69) is 10.3 Å². The Morgan fingerprint density at radius 1 is 1.35 bits per heavy atom. The van der Waals surface area contributed by atoms with E-state index in [0.29, 0.717) is 5.92 Å². The Morgan fingerprint density at radius 2 is 2.09 bits per heavy atom. The van der Waals surface area contributed by atoms with Gasteiger partial charge < -0.3 is 10.4 Å². The van der Waals surface area contributed by atoms with E-state index in [1.807, 2.05) is 18.2 Å². The summed E-state index contributed by atoms with van der Waals surface area (Å²) in [6.45, 7) is 3.57. The molecule has 0 spiro atoms. The summed E-state index contributed by atoms with van der Waals surface area (Å²) in [4.78, 5) is 27.6. The van der Waals surface area contributed by atoms with E-state index < -0.39 is 11.4 Å². The van der Waals surface area contributed by atoms with Crippen LogP contribution in [-0.4, -0.2) is 22.0 Å². The SMILES string of the molecule is CC(C)(CC(=O)O)CC(=O)Nc1ccc2nc(C3CC3)sc2c1. The van der Waals surface area contributed by atoms with Crippen molar-refractivity contribution in [1.29, 1.82) is 0 Å². The lowest BCUT2D eigenvalue weighted by atomic mass is 9.85. The van der Waals surface area contributed by atoms with Gasteiger partial charge in [0.2, 0.25) is 5.91 Å². The normalized spacial score (nSPS) is 14.9. The number of aromatic nitrogens is 1. The second-order valence-corrected chi connectivity index (χ2v) is 8.03. The highest BCUT2D eigenvalue weighted by Gasteiger charge is 2.27. The van der Waals surface area contributed by atoms with Crippen LogP contribution >= 0.6 is 11.3 Å². The van der Waals surface area contributed by atoms with E-state index in [1.54, 1.807) is 25.2 Å². The molecule has 1 aliphatic carbocycles. The molecular weight excluding hydrogens is 312 g/mol. The monoisotopic (exact) mass is 332 g/mol. The molecule has 1 heterocycles. The van der Waals surface area contributed by atoms with E-state index in [9.17, 15) is 9.59 Å². The minimum atomic E-state index is -0.888. The molecular formula is C17H20N2O3S. The molecule has 2 N–H and O–H groups in total. The van der Waals surface area contributed by atoms with Crippen LogP contribution < -0.4 is 5.32 Å². The van der Waals surface area contributed by atoms with Gasteiger partial charge in [0, 0.05) is 18.0 Å². The second kappa shape index (κ2) is 5.92. The van der Waals surface area contributed by atoms with Gasteiger partial charge in [0.1, 0.15) is 0 Å². The molecule has 0 radical (unpaired) electrons. The number of nitrogens with one attached hydrogen (secondary N) is 1. The average Bonchev–Trinajstić information content (AvgIpc) is 3.16. The summed E-state index contributed by atoms with van der Waals surface area (Å²) in [6, 6.07) is 5.72. The summed E-state index contributed by atoms with van der Waals surface area (Å²) in [5.74, 6) is -0.425. The molecule has 0 saturated heterocycles. The fraction of sp³-hybridized carbons (Fsp3) is 0.471. The largest absolute Gasteiger partial charge is 0.481 e. The van der Waals surface area contributed by atoms with Crippen LogP contribution in [0.4, 0.5) is 5.69 Å². The van der Waals surface area contributed by atoms with Crippen molar-refractivity contribution in [2.24, 2.45) is 5.41 Å². The summed E-state index contributed by atoms with van der Waals surface area (Å²) in [6.07, 6.45) is 2.59. The fourth-order valence-corrected chi connectivity index (χ4v) is 3.81. The third kappa shape index (κ3) is 4.07. The number of carbonyl (C=O) groups excluding carboxylic acids is 1. The summed E-state index contributed by atoms with van der Waals surface area (Å²) in [5, 5.41) is 12.9. The first-order chi connectivity index (χ1) is 10.8. The highest BCUT2D eigenvalue weighted by atomic mass is 32.1. The van der Waals surface area contributed by atoms with Crippen LogP contribution in [0.5, 0.6) is 0 Å². The lowest BCUT2D eigenvalue weighted by Gasteiger charge is -2.21. The second-order valence-electron chi connectivity index (χ2n) is 6.97. The van der Waals surface area contributed by atoms with Gasteiger partial charge in [-0.05, 0) is 36.5 Å². The molecule has 6 heteroatoms. The number of hydrogen-bond donors (Lipinski definition) is 2. The Hall–Kier alpha value is -1.95. The molecule has 1 aliphatic rings. The molecule has 1 amide bonds. The topological polar surface area (TPSA) is 79.3 Å². The zero-order chi connectivity index (χ0) is 16.6. The van der Waals surface area contributed by atoms with Crippen LogP contribution in [0.15, 0.2) is 18.2 Å². The zero-order valence-electron chi connectivity index (χ0n) is 13.3. The fourth-order valence-electron chi connectivity index (χ4n) is 2.64. The number of thiazole rings is 1. The molecule has 0 aliphatic heterocycles. The molecule has 122 valence electrons. The van der Waals surface area contributed by atoms with Gasteiger partial charge >= 0.3 is 5.97 Å². The molecule has 3 rings (SSSR count). The number of fused-ring (bicyclic) bond motifs is 1. The van der Waals surface area contributed by atoms with Crippen LogP contribution in [0, 0.1) is 5.41 Å². The first-order valence-electron chi connectivity index (χ1n) is 7.74. The van der Waals surface area contributed by atoms with Gasteiger partial charge in [-0.15, -0.1) is 11.3 Å². The number of carbonyl (C=O) groups is 2. The van der Waals surface area contributed by atoms with E-state index in [1.165, 1.54) is 17.8 Å². The van der Waals surface area contributed by atoms with Crippen molar-refractivity contribution in [2.75, 3.05) is 5.32 Å². The lowest BCUT2D eigenvalue weighted by molar-refractivity contribution is -0.139. The summed E-state index contributed by atoms with van der Waals surface area (Å²) in [7, 11) is 0. The van der Waals surface area contributed by atoms with Crippen molar-refractivity contribution in [2.45, 2.75) is 45.4 Å². The van der Waals surface area contributed by atoms with Crippen LogP contribution in [0.1, 0.15) is 50.5 Å². The van der Waals surface area contributed by atoms with Crippen molar-refractivity contribution in [3.8, 4) is 0 Å². The Morgan fingerprint density at radius 3 is 2.74 bits per heavy atom. The number of rotatable bonds is 6. The minimum Gasteiger partial charge on any atom is -0.481 e. The van der Waals surface area contributed by atoms with Gasteiger partial charge in [-0.2, -0.15) is 0 Å². The minimum absolute atomic E-state index is 0.0287. The first kappa shape index (κ1) is 15.9. The van der Waals surface area contributed by atoms with Gasteiger partial charge in [0.15, 0.2) is 0 Å². The third-order valence-corrected chi connectivity index (χ3v) is 5.06. The number of amides is 1. The number of carboxylic acids is 1. The maximum absolute atomic E-state index is 12.2. The lowest BCUT2D eigenvalue weighted by Crippen LogP contribution is -2.24. The quantitative estimate of drug-likeness (QED) is 0.838. The number of nitrogens with zero attached hydrogens (tertiary/aromatic N) is 1. The van der Waals surface area contributed by atoms with Gasteiger partial charge in [-0.3, -0.25) is 9.59 Å². The number of benzene rings is 1. The number of aliphatic carboxylic acids is 1. The van der Waals surface area contributed by atoms with Crippen LogP contribution in [0.25, 0.3) is 10.2 Å². The Balaban J connectivity index is 1.68. The van der Waals surface area contributed by atoms with Crippen molar-refractivity contribution in [3.05, 3.63) is 23.2 Å². The molecule has 1 aromatic heterocycles. The van der Waals surface area contributed by atoms with Crippen LogP contribution in [-0.2, 0) is 9.59 Å². The number of hydrogen-bond acceptors (Lipinski definition) is 4. The van der Waals surface area contributed by atoms with Crippen LogP contribution in [0.2, 0.25) is 0 Å². The predicted octanol–water partition coefficient (Wildman–Crippen LogP) is 4.00. The van der Waals surface area contributed by atoms with Crippen LogP contribution in [0.3, 0.4) is 0 Å². The summed E-state index contributed by atoms with van der Waals surface area (Å²) in [5.41, 5.74) is 1.14. The van der Waals surface area contributed by atoms with E-state index in [-0.39, 0.29) is 18.7 Å². The smallest absolute Gasteiger partial charge is 0.303 e. The first-order valence-corrected chi connectivity index (χ1v) is 8.56. The number of carboxylic acid groups (broad SMARTS) is 1. The molecule has 1 aromatic carbocycles. The standard InChI is InChI=1S/C17H20N2O3S/c1-17(2,9-15(21)22)8-14(20)18-11-5-6-12-13(7-11)23-16(19-12)10-3-4-10/h5-7,10H,3-4,8-9H2,1-2H3,(H,18,20)(H,21,22). The maximum atomic E-state index is 12.2. The van der Waals surface area contributed by atoms with Gasteiger partial charge in [0.25, 0.3) is 0 Å². The van der Waals surface area contributed by atoms with E-state index >= 15 is 0 Å². The molecule has 23 heavy (non-hydrogen) atoms. The predicted molar refractivity (Wildman–Crippen MR) is 90.9 cm³/mol. The van der Waals surface area contributed by atoms with Gasteiger partial charge in [-0.1, -0.05) is 13.8 Å². The molecule has 0 atom stereocenters. The Bertz CT molecular complexity index is 762. The number of anilines is 1. The van der Waals surface area contributed by atoms with Crippen molar-refractivity contribution in [3.63, 3.8) is 0 Å². The van der Waals surface area contributed by atoms with Crippen molar-refractivity contribution in [1.82, 2.24) is 4.98 Å². The Labute approximate surface area is 138 Å². The Kier molecular flexibility index (Phi) is 4.10. The summed E-state index contributed by atoms with van der Waals surface area (Å²) < 4.78 is 1.08. The highest BCUT2D eigenvalue weighted by Crippen LogP contribution is 2.43. The zero-order valence-corrected chi connectivity index (χ0v) is 14.1. The van der Waals surface area contributed by atoms with Gasteiger partial charge in [-0.25, -0.2) is 4.98 Å². The third-order valence-electron chi connectivity index (χ3n) is 3.88. The van der Waals surface area contributed by atoms with E-state index in [4.69, 9.17) is 5.11 Å². The maximum Gasteiger partial charge on any atom is 0.303 e.